The molecule has 234 valence electrons. The van der Waals surface area contributed by atoms with Gasteiger partial charge in [-0.05, 0) is 135 Å². The van der Waals surface area contributed by atoms with Gasteiger partial charge in [0.15, 0.2) is 0 Å². The van der Waals surface area contributed by atoms with Crippen molar-refractivity contribution < 1.29 is 9.13 Å². The van der Waals surface area contributed by atoms with E-state index >= 15 is 4.39 Å². The van der Waals surface area contributed by atoms with Crippen LogP contribution in [0.5, 0.6) is 0 Å². The first kappa shape index (κ1) is 33.6. The van der Waals surface area contributed by atoms with Crippen molar-refractivity contribution >= 4 is 67.8 Å². The molecule has 0 bridgehead atoms. The van der Waals surface area contributed by atoms with Gasteiger partial charge >= 0.3 is 0 Å². The van der Waals surface area contributed by atoms with Crippen LogP contribution in [-0.2, 0) is 4.74 Å². The summed E-state index contributed by atoms with van der Waals surface area (Å²) < 4.78 is 20.7. The van der Waals surface area contributed by atoms with Crippen LogP contribution in [0.4, 0.5) is 4.39 Å². The number of likely N-dealkylation sites (tertiary alicyclic amines) is 1. The molecule has 0 amide bonds. The standard InChI is InChI=1S/C32H52FI3N4O/c1-5-11-37-38-22(2)17-31(20-41-21-31)27-8-6-7-24(14-27)26-16-29-28(32(33,35)36)15-25(18-40(29)19-26)23(3)39-12-9-30(4,34)10-13-39/h15-16,22-27,37-38H,5-14,17-21H2,1-4H3/t22-,23+,24?,25?,26?,27?/m1/s1. The summed E-state index contributed by atoms with van der Waals surface area (Å²) in [5.41, 5.74) is 9.35. The molecule has 5 nitrogen and oxygen atoms in total. The van der Waals surface area contributed by atoms with Gasteiger partial charge in [0, 0.05) is 57.7 Å². The van der Waals surface area contributed by atoms with Crippen LogP contribution in [0.25, 0.3) is 0 Å². The van der Waals surface area contributed by atoms with Crippen LogP contribution < -0.4 is 10.9 Å². The molecule has 1 saturated carbocycles. The lowest BCUT2D eigenvalue weighted by Gasteiger charge is -2.51. The molecule has 5 aliphatic rings. The lowest BCUT2D eigenvalue weighted by molar-refractivity contribution is -0.164. The first-order chi connectivity index (χ1) is 19.4. The van der Waals surface area contributed by atoms with Crippen molar-refractivity contribution in [2.45, 2.75) is 96.2 Å². The van der Waals surface area contributed by atoms with E-state index in [4.69, 9.17) is 4.74 Å². The topological polar surface area (TPSA) is 39.8 Å². The summed E-state index contributed by atoms with van der Waals surface area (Å²) in [7, 11) is 0. The van der Waals surface area contributed by atoms with Gasteiger partial charge in [0.2, 0.25) is 1.68 Å². The van der Waals surface area contributed by atoms with Crippen molar-refractivity contribution in [2.75, 3.05) is 45.9 Å². The highest BCUT2D eigenvalue weighted by atomic mass is 127. The Hall–Kier alpha value is 1.24. The van der Waals surface area contributed by atoms with Crippen LogP contribution in [0.1, 0.15) is 79.1 Å². The smallest absolute Gasteiger partial charge is 0.237 e. The molecule has 9 heteroatoms. The Bertz CT molecular complexity index is 955. The molecule has 4 aliphatic heterocycles. The molecule has 2 N–H and O–H groups in total. The third-order valence-corrected chi connectivity index (χ3v) is 13.2. The van der Waals surface area contributed by atoms with E-state index in [1.807, 2.05) is 45.2 Å². The maximum absolute atomic E-state index is 15.8. The van der Waals surface area contributed by atoms with E-state index in [0.717, 1.165) is 63.8 Å². The maximum Gasteiger partial charge on any atom is 0.237 e. The number of allylic oxidation sites excluding steroid dienone is 1. The molecule has 0 aromatic carbocycles. The number of rotatable bonds is 11. The van der Waals surface area contributed by atoms with Gasteiger partial charge < -0.3 is 9.64 Å². The largest absolute Gasteiger partial charge is 0.380 e. The Morgan fingerprint density at radius 2 is 1.88 bits per heavy atom. The third-order valence-electron chi connectivity index (χ3n) is 11.0. The molecular formula is C32H52FI3N4O. The zero-order valence-electron chi connectivity index (χ0n) is 25.5. The van der Waals surface area contributed by atoms with E-state index in [0.29, 0.717) is 38.7 Å². The van der Waals surface area contributed by atoms with E-state index in [1.54, 1.807) is 0 Å². The SMILES string of the molecule is CCCNN[C@H](C)CC1(C2CCCC(C3C=C4C(C(F)(I)I)=CC([C@H](C)N5CCC(C)(I)CC5)CN4C3)C2)COC1. The molecule has 5 rings (SSSR count). The van der Waals surface area contributed by atoms with Crippen molar-refractivity contribution in [1.82, 2.24) is 20.7 Å². The predicted molar refractivity (Wildman–Crippen MR) is 194 cm³/mol. The second kappa shape index (κ2) is 13.9. The highest BCUT2D eigenvalue weighted by Gasteiger charge is 2.49. The van der Waals surface area contributed by atoms with Crippen LogP contribution in [0.15, 0.2) is 23.4 Å². The van der Waals surface area contributed by atoms with Crippen molar-refractivity contribution in [3.63, 3.8) is 0 Å². The summed E-state index contributed by atoms with van der Waals surface area (Å²) in [4.78, 5) is 5.23. The minimum atomic E-state index is -1.38. The first-order valence-electron chi connectivity index (χ1n) is 16.2. The van der Waals surface area contributed by atoms with Gasteiger partial charge in [-0.25, -0.2) is 4.39 Å². The molecular weight excluding hydrogens is 856 g/mol. The molecule has 0 spiro atoms. The lowest BCUT2D eigenvalue weighted by atomic mass is 9.61. The number of alkyl halides is 4. The van der Waals surface area contributed by atoms with Gasteiger partial charge in [-0.15, -0.1) is 0 Å². The van der Waals surface area contributed by atoms with Gasteiger partial charge in [0.05, 0.1) is 13.2 Å². The zero-order valence-corrected chi connectivity index (χ0v) is 32.0. The highest BCUT2D eigenvalue weighted by Crippen LogP contribution is 2.52. The second-order valence-corrected chi connectivity index (χ2v) is 21.8. The quantitative estimate of drug-likeness (QED) is 0.0967. The molecule has 6 atom stereocenters. The highest BCUT2D eigenvalue weighted by molar-refractivity contribution is 14.2. The van der Waals surface area contributed by atoms with E-state index in [9.17, 15) is 0 Å². The van der Waals surface area contributed by atoms with Crippen molar-refractivity contribution in [2.24, 2.45) is 29.1 Å². The Balaban J connectivity index is 1.25. The van der Waals surface area contributed by atoms with Gasteiger partial charge in [-0.2, -0.15) is 0 Å². The Morgan fingerprint density at radius 1 is 1.15 bits per heavy atom. The fourth-order valence-corrected chi connectivity index (χ4v) is 9.72. The maximum atomic E-state index is 15.8. The Kier molecular flexibility index (Phi) is 11.4. The molecule has 2 saturated heterocycles. The van der Waals surface area contributed by atoms with E-state index in [2.05, 4.69) is 83.1 Å². The summed E-state index contributed by atoms with van der Waals surface area (Å²) in [5.74, 6) is 2.30. The number of halogens is 4. The van der Waals surface area contributed by atoms with Crippen LogP contribution in [0, 0.1) is 29.1 Å². The lowest BCUT2D eigenvalue weighted by Crippen LogP contribution is -2.54. The van der Waals surface area contributed by atoms with Gasteiger partial charge in [-0.3, -0.25) is 15.8 Å². The summed E-state index contributed by atoms with van der Waals surface area (Å²) in [6.07, 6.45) is 14.8. The van der Waals surface area contributed by atoms with Gasteiger partial charge in [0.25, 0.3) is 0 Å². The first-order valence-corrected chi connectivity index (χ1v) is 19.4. The fraction of sp³-hybridized carbons (Fsp3) is 0.875. The van der Waals surface area contributed by atoms with Crippen LogP contribution in [-0.4, -0.2) is 72.9 Å². The summed E-state index contributed by atoms with van der Waals surface area (Å²) >= 11 is 6.68. The number of nitrogens with one attached hydrogen (secondary N) is 2. The minimum absolute atomic E-state index is 0.310. The monoisotopic (exact) mass is 908 g/mol. The number of ether oxygens (including phenoxy) is 1. The number of piperidine rings is 1. The number of fused-ring (bicyclic) bond motifs is 1. The molecule has 41 heavy (non-hydrogen) atoms. The Morgan fingerprint density at radius 3 is 2.51 bits per heavy atom. The van der Waals surface area contributed by atoms with Crippen molar-refractivity contribution in [3.8, 4) is 0 Å². The normalized spacial score (nSPS) is 33.4. The molecule has 4 unspecified atom stereocenters. The zero-order chi connectivity index (χ0) is 29.4. The van der Waals surface area contributed by atoms with Crippen LogP contribution in [0.2, 0.25) is 0 Å². The van der Waals surface area contributed by atoms with Gasteiger partial charge in [-0.1, -0.05) is 55.0 Å². The van der Waals surface area contributed by atoms with Gasteiger partial charge in [0.1, 0.15) is 0 Å². The molecule has 4 heterocycles. The summed E-state index contributed by atoms with van der Waals surface area (Å²) in [6.45, 7) is 16.5. The van der Waals surface area contributed by atoms with Crippen molar-refractivity contribution in [1.29, 1.82) is 0 Å². The molecule has 1 aliphatic carbocycles. The molecule has 0 aromatic heterocycles. The average Bonchev–Trinajstić information content (AvgIpc) is 3.34. The Labute approximate surface area is 289 Å². The number of hydrogen-bond donors (Lipinski definition) is 2. The third kappa shape index (κ3) is 7.97. The summed E-state index contributed by atoms with van der Waals surface area (Å²) in [6, 6.07) is 0.878. The predicted octanol–water partition coefficient (Wildman–Crippen LogP) is 7.64. The van der Waals surface area contributed by atoms with Crippen molar-refractivity contribution in [3.05, 3.63) is 23.4 Å². The van der Waals surface area contributed by atoms with Crippen LogP contribution >= 0.6 is 67.8 Å². The molecule has 0 aromatic rings. The van der Waals surface area contributed by atoms with E-state index in [1.165, 1.54) is 50.6 Å². The van der Waals surface area contributed by atoms with Crippen LogP contribution in [0.3, 0.4) is 0 Å². The fourth-order valence-electron chi connectivity index (χ4n) is 8.33. The molecule has 0 radical (unpaired) electrons. The van der Waals surface area contributed by atoms with E-state index < -0.39 is 1.68 Å². The second-order valence-electron chi connectivity index (χ2n) is 14.2. The minimum Gasteiger partial charge on any atom is -0.380 e. The number of hydrogen-bond acceptors (Lipinski definition) is 5. The van der Waals surface area contributed by atoms with E-state index in [-0.39, 0.29) is 0 Å². The number of hydrazine groups is 1. The molecule has 3 fully saturated rings. The number of nitrogens with zero attached hydrogens (tertiary/aromatic N) is 2. The summed E-state index contributed by atoms with van der Waals surface area (Å²) in [5, 5.41) is 0. The average molecular weight is 909 g/mol.